The number of alkyl halides is 3. The second-order valence-electron chi connectivity index (χ2n) is 7.47. The minimum atomic E-state index is -4.78. The Hall–Kier alpha value is -3.66. The third-order valence-electron chi connectivity index (χ3n) is 5.10. The van der Waals surface area contributed by atoms with Gasteiger partial charge in [-0.05, 0) is 54.6 Å². The molecule has 0 aromatic heterocycles. The molecule has 1 amide bonds. The van der Waals surface area contributed by atoms with Crippen molar-refractivity contribution in [2.75, 3.05) is 19.5 Å². The van der Waals surface area contributed by atoms with E-state index in [4.69, 9.17) is 14.5 Å². The van der Waals surface area contributed by atoms with Crippen LogP contribution in [0.2, 0.25) is 0 Å². The van der Waals surface area contributed by atoms with Gasteiger partial charge in [-0.25, -0.2) is 0 Å². The number of halogens is 3. The Kier molecular flexibility index (Phi) is 7.20. The zero-order chi connectivity index (χ0) is 25.0. The monoisotopic (exact) mass is 502 g/mol. The number of nitrogens with zero attached hydrogens (tertiary/aromatic N) is 1. The molecule has 0 aliphatic carbocycles. The summed E-state index contributed by atoms with van der Waals surface area (Å²) in [6.07, 6.45) is -4.69. The second-order valence-corrected chi connectivity index (χ2v) is 8.71. The molecular weight excluding hydrogens is 481 g/mol. The van der Waals surface area contributed by atoms with Gasteiger partial charge in [-0.3, -0.25) is 9.79 Å². The lowest BCUT2D eigenvalue weighted by atomic mass is 10.0. The van der Waals surface area contributed by atoms with E-state index in [0.717, 1.165) is 28.3 Å². The fraction of sp³-hybridized carbons (Fsp3) is 0.200. The number of benzene rings is 3. The predicted octanol–water partition coefficient (Wildman–Crippen LogP) is 6.23. The third kappa shape index (κ3) is 6.07. The summed E-state index contributed by atoms with van der Waals surface area (Å²) in [6, 6.07) is 18.1. The largest absolute Gasteiger partial charge is 0.573 e. The number of hydrogen-bond donors (Lipinski definition) is 1. The molecule has 1 aliphatic rings. The van der Waals surface area contributed by atoms with Crippen LogP contribution in [-0.4, -0.2) is 37.5 Å². The van der Waals surface area contributed by atoms with Crippen LogP contribution in [0.25, 0.3) is 0 Å². The van der Waals surface area contributed by atoms with Crippen LogP contribution in [0.5, 0.6) is 17.2 Å². The van der Waals surface area contributed by atoms with Gasteiger partial charge in [0, 0.05) is 22.6 Å². The number of amides is 1. The zero-order valence-electron chi connectivity index (χ0n) is 18.8. The van der Waals surface area contributed by atoms with Crippen molar-refractivity contribution in [2.24, 2.45) is 4.99 Å². The van der Waals surface area contributed by atoms with E-state index in [-0.39, 0.29) is 23.3 Å². The Balaban J connectivity index is 1.55. The van der Waals surface area contributed by atoms with Gasteiger partial charge in [-0.15, -0.1) is 24.9 Å². The lowest BCUT2D eigenvalue weighted by molar-refractivity contribution is -0.274. The Bertz CT molecular complexity index is 1250. The van der Waals surface area contributed by atoms with Gasteiger partial charge in [-0.2, -0.15) is 0 Å². The molecule has 6 nitrogen and oxygen atoms in total. The topological polar surface area (TPSA) is 69.2 Å². The van der Waals surface area contributed by atoms with E-state index in [1.54, 1.807) is 20.3 Å². The van der Waals surface area contributed by atoms with Crippen LogP contribution in [0.4, 0.5) is 24.5 Å². The van der Waals surface area contributed by atoms with E-state index < -0.39 is 6.36 Å². The minimum absolute atomic E-state index is 0.0903. The van der Waals surface area contributed by atoms with Gasteiger partial charge in [0.25, 0.3) is 0 Å². The molecular formula is C25H21F3N2O4S. The van der Waals surface area contributed by atoms with Crippen molar-refractivity contribution in [1.29, 1.82) is 0 Å². The van der Waals surface area contributed by atoms with Gasteiger partial charge in [0.1, 0.15) is 5.75 Å². The molecule has 35 heavy (non-hydrogen) atoms. The van der Waals surface area contributed by atoms with E-state index in [9.17, 15) is 18.0 Å². The molecule has 10 heteroatoms. The SMILES string of the molecule is COc1ccc(C2=Nc3ccccc3S[C@@H]2CC(=O)Nc2ccc(OC(F)(F)F)cc2)cc1OC. The highest BCUT2D eigenvalue weighted by molar-refractivity contribution is 8.01. The third-order valence-corrected chi connectivity index (χ3v) is 6.38. The summed E-state index contributed by atoms with van der Waals surface area (Å²) >= 11 is 1.52. The van der Waals surface area contributed by atoms with Crippen LogP contribution in [0.1, 0.15) is 12.0 Å². The number of ether oxygens (including phenoxy) is 3. The van der Waals surface area contributed by atoms with Crippen molar-refractivity contribution in [1.82, 2.24) is 0 Å². The average molecular weight is 503 g/mol. The second kappa shape index (κ2) is 10.3. The van der Waals surface area contributed by atoms with Crippen molar-refractivity contribution in [3.8, 4) is 17.2 Å². The fourth-order valence-electron chi connectivity index (χ4n) is 3.56. The van der Waals surface area contributed by atoms with Crippen molar-refractivity contribution < 1.29 is 32.2 Å². The van der Waals surface area contributed by atoms with Crippen LogP contribution in [-0.2, 0) is 4.79 Å². The average Bonchev–Trinajstić information content (AvgIpc) is 2.83. The summed E-state index contributed by atoms with van der Waals surface area (Å²) in [6.45, 7) is 0. The molecule has 0 bridgehead atoms. The molecule has 3 aromatic rings. The molecule has 0 spiro atoms. The van der Waals surface area contributed by atoms with Gasteiger partial charge in [0.2, 0.25) is 5.91 Å². The number of para-hydroxylation sites is 1. The molecule has 4 rings (SSSR count). The van der Waals surface area contributed by atoms with Crippen molar-refractivity contribution >= 4 is 34.8 Å². The van der Waals surface area contributed by atoms with Gasteiger partial charge >= 0.3 is 6.36 Å². The van der Waals surface area contributed by atoms with E-state index in [1.807, 2.05) is 36.4 Å². The van der Waals surface area contributed by atoms with Gasteiger partial charge in [-0.1, -0.05) is 12.1 Å². The maximum absolute atomic E-state index is 12.9. The first-order chi connectivity index (χ1) is 16.8. The number of hydrogen-bond acceptors (Lipinski definition) is 6. The normalized spacial score (nSPS) is 15.0. The summed E-state index contributed by atoms with van der Waals surface area (Å²) < 4.78 is 51.7. The number of carbonyl (C=O) groups excluding carboxylic acids is 1. The minimum Gasteiger partial charge on any atom is -0.493 e. The molecule has 1 heterocycles. The smallest absolute Gasteiger partial charge is 0.493 e. The molecule has 0 radical (unpaired) electrons. The number of nitrogens with one attached hydrogen (secondary N) is 1. The standard InChI is InChI=1S/C25H21F3N2O4S/c1-32-19-12-7-15(13-20(19)33-2)24-22(35-21-6-4-3-5-18(21)30-24)14-23(31)29-16-8-10-17(11-9-16)34-25(26,27)28/h3-13,22H,14H2,1-2H3,(H,29,31)/t22-/m1/s1. The number of methoxy groups -OCH3 is 2. The number of carbonyl (C=O) groups is 1. The first-order valence-corrected chi connectivity index (χ1v) is 11.4. The summed E-state index contributed by atoms with van der Waals surface area (Å²) in [4.78, 5) is 18.6. The number of rotatable bonds is 7. The Morgan fingerprint density at radius 3 is 2.40 bits per heavy atom. The molecule has 0 fully saturated rings. The van der Waals surface area contributed by atoms with Gasteiger partial charge in [0.05, 0.1) is 30.9 Å². The van der Waals surface area contributed by atoms with Crippen LogP contribution in [0.3, 0.4) is 0 Å². The Morgan fingerprint density at radius 2 is 1.71 bits per heavy atom. The van der Waals surface area contributed by atoms with E-state index in [0.29, 0.717) is 22.9 Å². The lowest BCUT2D eigenvalue weighted by Crippen LogP contribution is -2.27. The molecule has 3 aromatic carbocycles. The number of thioether (sulfide) groups is 1. The Morgan fingerprint density at radius 1 is 1.00 bits per heavy atom. The number of fused-ring (bicyclic) bond motifs is 1. The first kappa shape index (κ1) is 24.5. The summed E-state index contributed by atoms with van der Waals surface area (Å²) in [5.41, 5.74) is 2.66. The van der Waals surface area contributed by atoms with Crippen LogP contribution in [0, 0.1) is 0 Å². The summed E-state index contributed by atoms with van der Waals surface area (Å²) in [7, 11) is 3.10. The molecule has 0 saturated heterocycles. The molecule has 1 N–H and O–H groups in total. The molecule has 182 valence electrons. The van der Waals surface area contributed by atoms with Crippen LogP contribution < -0.4 is 19.5 Å². The summed E-state index contributed by atoms with van der Waals surface area (Å²) in [5.74, 6) is 0.450. The molecule has 0 saturated carbocycles. The molecule has 0 unspecified atom stereocenters. The Labute approximate surface area is 204 Å². The molecule has 1 aliphatic heterocycles. The maximum atomic E-state index is 12.9. The highest BCUT2D eigenvalue weighted by Crippen LogP contribution is 2.41. The van der Waals surface area contributed by atoms with E-state index in [2.05, 4.69) is 10.1 Å². The predicted molar refractivity (Wildman–Crippen MR) is 128 cm³/mol. The van der Waals surface area contributed by atoms with Crippen LogP contribution >= 0.6 is 11.8 Å². The van der Waals surface area contributed by atoms with Crippen LogP contribution in [0.15, 0.2) is 76.6 Å². The van der Waals surface area contributed by atoms with Gasteiger partial charge < -0.3 is 19.5 Å². The quantitative estimate of drug-likeness (QED) is 0.415. The zero-order valence-corrected chi connectivity index (χ0v) is 19.6. The van der Waals surface area contributed by atoms with Gasteiger partial charge in [0.15, 0.2) is 11.5 Å². The van der Waals surface area contributed by atoms with Crippen molar-refractivity contribution in [3.63, 3.8) is 0 Å². The maximum Gasteiger partial charge on any atom is 0.573 e. The highest BCUT2D eigenvalue weighted by atomic mass is 32.2. The first-order valence-electron chi connectivity index (χ1n) is 10.5. The highest BCUT2D eigenvalue weighted by Gasteiger charge is 2.31. The number of aliphatic imine (C=N–C) groups is 1. The van der Waals surface area contributed by atoms with Crippen molar-refractivity contribution in [3.05, 3.63) is 72.3 Å². The summed E-state index contributed by atoms with van der Waals surface area (Å²) in [5, 5.41) is 2.42. The van der Waals surface area contributed by atoms with E-state index >= 15 is 0 Å². The molecule has 1 atom stereocenters. The lowest BCUT2D eigenvalue weighted by Gasteiger charge is -2.25. The fourth-order valence-corrected chi connectivity index (χ4v) is 4.80. The van der Waals surface area contributed by atoms with Crippen molar-refractivity contribution in [2.45, 2.75) is 22.9 Å². The number of anilines is 1. The van der Waals surface area contributed by atoms with E-state index in [1.165, 1.54) is 23.9 Å².